The second-order valence-corrected chi connectivity index (χ2v) is 5.43. The Morgan fingerprint density at radius 2 is 1.95 bits per heavy atom. The lowest BCUT2D eigenvalue weighted by molar-refractivity contribution is 0.0696. The number of piperidine rings is 1. The van der Waals surface area contributed by atoms with Crippen molar-refractivity contribution < 1.29 is 14.7 Å². The van der Waals surface area contributed by atoms with Crippen LogP contribution in [-0.2, 0) is 0 Å². The highest BCUT2D eigenvalue weighted by atomic mass is 16.4. The predicted octanol–water partition coefficient (Wildman–Crippen LogP) is 2.96. The smallest absolute Gasteiger partial charge is 0.336 e. The van der Waals surface area contributed by atoms with E-state index in [0.29, 0.717) is 17.2 Å². The van der Waals surface area contributed by atoms with Gasteiger partial charge in [-0.15, -0.1) is 0 Å². The largest absolute Gasteiger partial charge is 0.478 e. The van der Waals surface area contributed by atoms with Gasteiger partial charge in [0.2, 0.25) is 0 Å². The molecule has 0 atom stereocenters. The maximum Gasteiger partial charge on any atom is 0.336 e. The van der Waals surface area contributed by atoms with Gasteiger partial charge in [0.1, 0.15) is 0 Å². The lowest BCUT2D eigenvalue weighted by Gasteiger charge is -2.30. The predicted molar refractivity (Wildman–Crippen MR) is 77.1 cm³/mol. The zero-order valence-corrected chi connectivity index (χ0v) is 11.8. The number of carboxylic acids is 1. The topological polar surface area (TPSA) is 69.6 Å². The average Bonchev–Trinajstić information content (AvgIpc) is 2.41. The summed E-state index contributed by atoms with van der Waals surface area (Å²) in [7, 11) is 0. The van der Waals surface area contributed by atoms with Gasteiger partial charge in [-0.2, -0.15) is 0 Å². The summed E-state index contributed by atoms with van der Waals surface area (Å²) in [5.74, 6) is -0.317. The van der Waals surface area contributed by atoms with Gasteiger partial charge in [-0.3, -0.25) is 0 Å². The quantitative estimate of drug-likeness (QED) is 0.872. The molecule has 0 radical (unpaired) electrons. The summed E-state index contributed by atoms with van der Waals surface area (Å²) in [6, 6.07) is 4.78. The fraction of sp³-hybridized carbons (Fsp3) is 0.467. The van der Waals surface area contributed by atoms with E-state index in [1.165, 1.54) is 6.07 Å². The Balaban J connectivity index is 2.04. The van der Waals surface area contributed by atoms with E-state index < -0.39 is 5.97 Å². The number of amides is 2. The van der Waals surface area contributed by atoms with Gasteiger partial charge in [0, 0.05) is 18.8 Å². The van der Waals surface area contributed by atoms with Crippen LogP contribution in [0.15, 0.2) is 18.2 Å². The van der Waals surface area contributed by atoms with Crippen molar-refractivity contribution in [3.8, 4) is 0 Å². The van der Waals surface area contributed by atoms with Crippen LogP contribution < -0.4 is 5.32 Å². The van der Waals surface area contributed by atoms with Gasteiger partial charge in [0.05, 0.1) is 5.56 Å². The first-order chi connectivity index (χ1) is 9.47. The molecule has 5 heteroatoms. The molecule has 5 nitrogen and oxygen atoms in total. The molecule has 108 valence electrons. The molecule has 0 aromatic heterocycles. The lowest BCUT2D eigenvalue weighted by Crippen LogP contribution is -2.40. The number of hydrogen-bond acceptors (Lipinski definition) is 2. The van der Waals surface area contributed by atoms with Crippen LogP contribution in [0.25, 0.3) is 0 Å². The minimum absolute atomic E-state index is 0.155. The summed E-state index contributed by atoms with van der Waals surface area (Å²) in [6.07, 6.45) is 2.03. The van der Waals surface area contributed by atoms with Crippen LogP contribution >= 0.6 is 0 Å². The molecule has 2 N–H and O–H groups in total. The SMILES string of the molecule is Cc1ccc(NC(=O)N2CCC(C)CC2)cc1C(=O)O. The first-order valence-corrected chi connectivity index (χ1v) is 6.87. The summed E-state index contributed by atoms with van der Waals surface area (Å²) >= 11 is 0. The Bertz CT molecular complexity index is 520. The number of aromatic carboxylic acids is 1. The van der Waals surface area contributed by atoms with Crippen LogP contribution in [-0.4, -0.2) is 35.1 Å². The molecular formula is C15H20N2O3. The Kier molecular flexibility index (Phi) is 4.27. The fourth-order valence-electron chi connectivity index (χ4n) is 2.34. The average molecular weight is 276 g/mol. The van der Waals surface area contributed by atoms with Crippen LogP contribution in [0.3, 0.4) is 0 Å². The number of nitrogens with one attached hydrogen (secondary N) is 1. The number of hydrogen-bond donors (Lipinski definition) is 2. The summed E-state index contributed by atoms with van der Waals surface area (Å²) in [6.45, 7) is 5.44. The fourth-order valence-corrected chi connectivity index (χ4v) is 2.34. The van der Waals surface area contributed by atoms with Crippen molar-refractivity contribution in [2.24, 2.45) is 5.92 Å². The minimum Gasteiger partial charge on any atom is -0.478 e. The van der Waals surface area contributed by atoms with Crippen LogP contribution in [0.1, 0.15) is 35.7 Å². The first kappa shape index (κ1) is 14.4. The molecule has 0 aliphatic carbocycles. The van der Waals surface area contributed by atoms with Gasteiger partial charge < -0.3 is 15.3 Å². The monoisotopic (exact) mass is 276 g/mol. The molecule has 1 aromatic rings. The molecule has 1 fully saturated rings. The van der Waals surface area contributed by atoms with Gasteiger partial charge >= 0.3 is 12.0 Å². The van der Waals surface area contributed by atoms with Crippen LogP contribution in [0.2, 0.25) is 0 Å². The molecule has 1 aromatic carbocycles. The first-order valence-electron chi connectivity index (χ1n) is 6.87. The molecule has 0 unspecified atom stereocenters. The normalized spacial score (nSPS) is 16.0. The van der Waals surface area contributed by atoms with E-state index in [1.807, 2.05) is 0 Å². The van der Waals surface area contributed by atoms with E-state index in [4.69, 9.17) is 5.11 Å². The van der Waals surface area contributed by atoms with E-state index >= 15 is 0 Å². The molecule has 1 heterocycles. The number of carboxylic acid groups (broad SMARTS) is 1. The van der Waals surface area contributed by atoms with Crippen molar-refractivity contribution in [2.75, 3.05) is 18.4 Å². The van der Waals surface area contributed by atoms with E-state index in [-0.39, 0.29) is 11.6 Å². The number of carbonyl (C=O) groups is 2. The van der Waals surface area contributed by atoms with Gasteiger partial charge in [0.25, 0.3) is 0 Å². The third-order valence-electron chi connectivity index (χ3n) is 3.79. The van der Waals surface area contributed by atoms with Crippen LogP contribution in [0.5, 0.6) is 0 Å². The molecule has 2 rings (SSSR count). The van der Waals surface area contributed by atoms with E-state index in [0.717, 1.165) is 25.9 Å². The van der Waals surface area contributed by atoms with Crippen LogP contribution in [0, 0.1) is 12.8 Å². The zero-order valence-electron chi connectivity index (χ0n) is 11.8. The summed E-state index contributed by atoms with van der Waals surface area (Å²) in [4.78, 5) is 25.0. The number of benzene rings is 1. The van der Waals surface area contributed by atoms with Gasteiger partial charge in [0.15, 0.2) is 0 Å². The summed E-state index contributed by atoms with van der Waals surface area (Å²) in [5, 5.41) is 11.9. The number of rotatable bonds is 2. The second kappa shape index (κ2) is 5.94. The molecule has 20 heavy (non-hydrogen) atoms. The Labute approximate surface area is 118 Å². The number of carbonyl (C=O) groups excluding carboxylic acids is 1. The van der Waals surface area contributed by atoms with Gasteiger partial charge in [-0.05, 0) is 43.4 Å². The molecule has 1 saturated heterocycles. The third-order valence-corrected chi connectivity index (χ3v) is 3.79. The van der Waals surface area contributed by atoms with Crippen molar-refractivity contribution in [1.82, 2.24) is 4.90 Å². The number of urea groups is 1. The maximum atomic E-state index is 12.1. The molecule has 0 saturated carbocycles. The van der Waals surface area contributed by atoms with Gasteiger partial charge in [-0.1, -0.05) is 13.0 Å². The Morgan fingerprint density at radius 1 is 1.30 bits per heavy atom. The molecular weight excluding hydrogens is 256 g/mol. The Hall–Kier alpha value is -2.04. The highest BCUT2D eigenvalue weighted by Crippen LogP contribution is 2.19. The highest BCUT2D eigenvalue weighted by Gasteiger charge is 2.20. The number of nitrogens with zero attached hydrogens (tertiary/aromatic N) is 1. The standard InChI is InChI=1S/C15H20N2O3/c1-10-5-7-17(8-6-10)15(20)16-12-4-3-11(2)13(9-12)14(18)19/h3-4,9-10H,5-8H2,1-2H3,(H,16,20)(H,18,19). The highest BCUT2D eigenvalue weighted by molar-refractivity contribution is 5.94. The third kappa shape index (κ3) is 3.29. The molecule has 2 amide bonds. The van der Waals surface area contributed by atoms with Crippen molar-refractivity contribution >= 4 is 17.7 Å². The summed E-state index contributed by atoms with van der Waals surface area (Å²) < 4.78 is 0. The van der Waals surface area contributed by atoms with Gasteiger partial charge in [-0.25, -0.2) is 9.59 Å². The number of likely N-dealkylation sites (tertiary alicyclic amines) is 1. The molecule has 0 spiro atoms. The van der Waals surface area contributed by atoms with E-state index in [1.54, 1.807) is 24.0 Å². The molecule has 0 bridgehead atoms. The van der Waals surface area contributed by atoms with Crippen molar-refractivity contribution in [2.45, 2.75) is 26.7 Å². The van der Waals surface area contributed by atoms with E-state index in [9.17, 15) is 9.59 Å². The second-order valence-electron chi connectivity index (χ2n) is 5.43. The van der Waals surface area contributed by atoms with Crippen molar-refractivity contribution in [1.29, 1.82) is 0 Å². The van der Waals surface area contributed by atoms with E-state index in [2.05, 4.69) is 12.2 Å². The molecule has 1 aliphatic rings. The van der Waals surface area contributed by atoms with Crippen molar-refractivity contribution in [3.05, 3.63) is 29.3 Å². The Morgan fingerprint density at radius 3 is 2.55 bits per heavy atom. The van der Waals surface area contributed by atoms with Crippen LogP contribution in [0.4, 0.5) is 10.5 Å². The maximum absolute atomic E-state index is 12.1. The lowest BCUT2D eigenvalue weighted by atomic mass is 10.00. The molecule has 1 aliphatic heterocycles. The number of aryl methyl sites for hydroxylation is 1. The zero-order chi connectivity index (χ0) is 14.7. The van der Waals surface area contributed by atoms with Crippen molar-refractivity contribution in [3.63, 3.8) is 0 Å². The minimum atomic E-state index is -0.981. The summed E-state index contributed by atoms with van der Waals surface area (Å²) in [5.41, 5.74) is 1.42. The number of anilines is 1.